The van der Waals surface area contributed by atoms with Crippen LogP contribution >= 0.6 is 0 Å². The van der Waals surface area contributed by atoms with Gasteiger partial charge in [0.2, 0.25) is 0 Å². The van der Waals surface area contributed by atoms with Crippen molar-refractivity contribution in [2.24, 2.45) is 5.41 Å². The average Bonchev–Trinajstić information content (AvgIpc) is 2.26. The van der Waals surface area contributed by atoms with Gasteiger partial charge >= 0.3 is 0 Å². The number of nitrogens with one attached hydrogen (secondary N) is 1. The second kappa shape index (κ2) is 4.57. The third-order valence-corrected chi connectivity index (χ3v) is 3.73. The summed E-state index contributed by atoms with van der Waals surface area (Å²) in [5.74, 6) is -0.0981. The van der Waals surface area contributed by atoms with Crippen molar-refractivity contribution in [2.75, 3.05) is 13.6 Å². The Hall–Kier alpha value is -1.22. The van der Waals surface area contributed by atoms with Gasteiger partial charge in [-0.1, -0.05) is 6.42 Å². The molecular weight excluding hydrogens is 217 g/mol. The summed E-state index contributed by atoms with van der Waals surface area (Å²) in [7, 11) is 1.86. The molecule has 0 saturated heterocycles. The lowest BCUT2D eigenvalue weighted by Gasteiger charge is -2.40. The van der Waals surface area contributed by atoms with Gasteiger partial charge in [0.05, 0.1) is 0 Å². The lowest BCUT2D eigenvalue weighted by Crippen LogP contribution is -2.45. The van der Waals surface area contributed by atoms with Crippen LogP contribution in [-0.2, 0) is 0 Å². The first-order valence-electron chi connectivity index (χ1n) is 6.05. The molecule has 0 unspecified atom stereocenters. The van der Waals surface area contributed by atoms with Crippen molar-refractivity contribution in [3.05, 3.63) is 35.1 Å². The number of halogens is 1. The maximum absolute atomic E-state index is 13.2. The Kier molecular flexibility index (Phi) is 3.29. The summed E-state index contributed by atoms with van der Waals surface area (Å²) >= 11 is 0. The molecule has 0 atom stereocenters. The minimum absolute atomic E-state index is 0.154. The number of benzene rings is 1. The molecule has 17 heavy (non-hydrogen) atoms. The van der Waals surface area contributed by atoms with Gasteiger partial charge in [0, 0.05) is 17.5 Å². The highest BCUT2D eigenvalue weighted by molar-refractivity contribution is 6.01. The van der Waals surface area contributed by atoms with Crippen molar-refractivity contribution in [3.8, 4) is 0 Å². The molecule has 1 aliphatic rings. The van der Waals surface area contributed by atoms with E-state index < -0.39 is 0 Å². The van der Waals surface area contributed by atoms with Gasteiger partial charge in [-0.3, -0.25) is 4.79 Å². The first-order chi connectivity index (χ1) is 8.09. The quantitative estimate of drug-likeness (QED) is 0.813. The van der Waals surface area contributed by atoms with Crippen LogP contribution in [0.5, 0.6) is 0 Å². The summed E-state index contributed by atoms with van der Waals surface area (Å²) in [6.45, 7) is 2.40. The highest BCUT2D eigenvalue weighted by Crippen LogP contribution is 2.43. The first kappa shape index (κ1) is 12.2. The molecule has 0 aliphatic heterocycles. The fraction of sp³-hybridized carbons (Fsp3) is 0.500. The zero-order valence-corrected chi connectivity index (χ0v) is 10.3. The zero-order valence-electron chi connectivity index (χ0n) is 10.3. The smallest absolute Gasteiger partial charge is 0.170 e. The Morgan fingerprint density at radius 3 is 2.65 bits per heavy atom. The van der Waals surface area contributed by atoms with E-state index in [1.807, 2.05) is 7.05 Å². The molecule has 0 radical (unpaired) electrons. The Morgan fingerprint density at radius 2 is 2.18 bits per heavy atom. The molecule has 92 valence electrons. The number of Topliss-reactive ketones (excluding diaryl/α,β-unsaturated/α-hetero) is 1. The minimum Gasteiger partial charge on any atom is -0.319 e. The zero-order chi connectivity index (χ0) is 12.5. The van der Waals surface area contributed by atoms with Gasteiger partial charge in [0.15, 0.2) is 5.78 Å². The Balaban J connectivity index is 2.26. The standard InChI is InChI=1S/C14H18FNO/c1-10-8-11(4-5-12(10)15)13(17)14(9-16-2)6-3-7-14/h4-5,8,16H,3,6-7,9H2,1-2H3. The summed E-state index contributed by atoms with van der Waals surface area (Å²) in [6, 6.07) is 4.64. The SMILES string of the molecule is CNCC1(C(=O)c2ccc(F)c(C)c2)CCC1. The molecule has 1 aromatic rings. The van der Waals surface area contributed by atoms with E-state index in [1.165, 1.54) is 6.07 Å². The van der Waals surface area contributed by atoms with Crippen molar-refractivity contribution in [1.29, 1.82) is 0 Å². The van der Waals surface area contributed by atoms with E-state index in [1.54, 1.807) is 19.1 Å². The lowest BCUT2D eigenvalue weighted by molar-refractivity contribution is 0.0614. The van der Waals surface area contributed by atoms with Crippen LogP contribution in [-0.4, -0.2) is 19.4 Å². The van der Waals surface area contributed by atoms with Gasteiger partial charge in [-0.2, -0.15) is 0 Å². The molecule has 2 nitrogen and oxygen atoms in total. The topological polar surface area (TPSA) is 29.1 Å². The van der Waals surface area contributed by atoms with Gasteiger partial charge in [-0.15, -0.1) is 0 Å². The van der Waals surface area contributed by atoms with Crippen LogP contribution in [0.1, 0.15) is 35.2 Å². The fourth-order valence-corrected chi connectivity index (χ4v) is 2.52. The molecule has 1 aliphatic carbocycles. The van der Waals surface area contributed by atoms with Crippen molar-refractivity contribution in [1.82, 2.24) is 5.32 Å². The number of aryl methyl sites for hydroxylation is 1. The Labute approximate surface area is 101 Å². The van der Waals surface area contributed by atoms with Gasteiger partial charge in [-0.25, -0.2) is 4.39 Å². The van der Waals surface area contributed by atoms with Crippen LogP contribution in [0.25, 0.3) is 0 Å². The molecule has 3 heteroatoms. The minimum atomic E-state index is -0.252. The van der Waals surface area contributed by atoms with E-state index in [-0.39, 0.29) is 17.0 Å². The molecule has 0 heterocycles. The largest absolute Gasteiger partial charge is 0.319 e. The molecule has 1 fully saturated rings. The molecule has 2 rings (SSSR count). The summed E-state index contributed by atoms with van der Waals surface area (Å²) in [6.07, 6.45) is 2.97. The highest BCUT2D eigenvalue weighted by atomic mass is 19.1. The van der Waals surface area contributed by atoms with Gasteiger partial charge < -0.3 is 5.32 Å². The molecule has 0 aromatic heterocycles. The van der Waals surface area contributed by atoms with Crippen LogP contribution in [0.2, 0.25) is 0 Å². The third kappa shape index (κ3) is 2.12. The molecule has 1 saturated carbocycles. The predicted molar refractivity (Wildman–Crippen MR) is 65.7 cm³/mol. The van der Waals surface area contributed by atoms with Crippen molar-refractivity contribution >= 4 is 5.78 Å². The third-order valence-electron chi connectivity index (χ3n) is 3.73. The molecule has 0 spiro atoms. The van der Waals surface area contributed by atoms with Crippen molar-refractivity contribution in [2.45, 2.75) is 26.2 Å². The maximum atomic E-state index is 13.2. The molecule has 0 amide bonds. The van der Waals surface area contributed by atoms with E-state index in [9.17, 15) is 9.18 Å². The Morgan fingerprint density at radius 1 is 1.47 bits per heavy atom. The lowest BCUT2D eigenvalue weighted by atomic mass is 9.64. The fourth-order valence-electron chi connectivity index (χ4n) is 2.52. The summed E-state index contributed by atoms with van der Waals surface area (Å²) in [5, 5.41) is 3.09. The second-order valence-corrected chi connectivity index (χ2v) is 4.96. The van der Waals surface area contributed by atoms with Crippen LogP contribution < -0.4 is 5.32 Å². The van der Waals surface area contributed by atoms with E-state index in [0.29, 0.717) is 17.7 Å². The van der Waals surface area contributed by atoms with Crippen molar-refractivity contribution in [3.63, 3.8) is 0 Å². The number of ketones is 1. The summed E-state index contributed by atoms with van der Waals surface area (Å²) in [5.41, 5.74) is 0.924. The highest BCUT2D eigenvalue weighted by Gasteiger charge is 2.43. The summed E-state index contributed by atoms with van der Waals surface area (Å²) in [4.78, 5) is 12.4. The summed E-state index contributed by atoms with van der Waals surface area (Å²) < 4.78 is 13.2. The first-order valence-corrected chi connectivity index (χ1v) is 6.05. The van der Waals surface area contributed by atoms with Crippen molar-refractivity contribution < 1.29 is 9.18 Å². The predicted octanol–water partition coefficient (Wildman–Crippen LogP) is 2.71. The second-order valence-electron chi connectivity index (χ2n) is 4.96. The number of hydrogen-bond donors (Lipinski definition) is 1. The van der Waals surface area contributed by atoms with E-state index in [2.05, 4.69) is 5.32 Å². The monoisotopic (exact) mass is 235 g/mol. The number of carbonyl (C=O) groups excluding carboxylic acids is 1. The van der Waals surface area contributed by atoms with Gasteiger partial charge in [0.25, 0.3) is 0 Å². The van der Waals surface area contributed by atoms with E-state index in [0.717, 1.165) is 19.3 Å². The van der Waals surface area contributed by atoms with Crippen LogP contribution in [0.4, 0.5) is 4.39 Å². The number of carbonyl (C=O) groups is 1. The van der Waals surface area contributed by atoms with E-state index >= 15 is 0 Å². The number of hydrogen-bond acceptors (Lipinski definition) is 2. The van der Waals surface area contributed by atoms with Crippen LogP contribution in [0.3, 0.4) is 0 Å². The van der Waals surface area contributed by atoms with Crippen LogP contribution in [0.15, 0.2) is 18.2 Å². The molecular formula is C14H18FNO. The molecule has 1 aromatic carbocycles. The van der Waals surface area contributed by atoms with E-state index in [4.69, 9.17) is 0 Å². The number of rotatable bonds is 4. The Bertz CT molecular complexity index is 438. The average molecular weight is 235 g/mol. The molecule has 0 bridgehead atoms. The van der Waals surface area contributed by atoms with Gasteiger partial charge in [-0.05, 0) is 50.6 Å². The normalized spacial score (nSPS) is 17.6. The van der Waals surface area contributed by atoms with Crippen LogP contribution in [0, 0.1) is 18.2 Å². The maximum Gasteiger partial charge on any atom is 0.170 e. The molecule has 1 N–H and O–H groups in total. The van der Waals surface area contributed by atoms with Gasteiger partial charge in [0.1, 0.15) is 5.82 Å².